The first-order valence-corrected chi connectivity index (χ1v) is 4.85. The number of halogens is 1. The van der Waals surface area contributed by atoms with Crippen LogP contribution in [0.2, 0.25) is 0 Å². The molecule has 1 rings (SSSR count). The van der Waals surface area contributed by atoms with Crippen molar-refractivity contribution in [1.82, 2.24) is 0 Å². The monoisotopic (exact) mass is 196 g/mol. The molecule has 0 saturated heterocycles. The number of Topliss-reactive ketones (excluding diaryl/α,β-unsaturated/α-hetero) is 1. The van der Waals surface area contributed by atoms with Gasteiger partial charge in [0.15, 0.2) is 5.78 Å². The molecule has 0 atom stereocenters. The Kier molecular flexibility index (Phi) is 3.49. The van der Waals surface area contributed by atoms with Gasteiger partial charge in [0.1, 0.15) is 0 Å². The molecule has 0 radical (unpaired) electrons. The van der Waals surface area contributed by atoms with E-state index in [9.17, 15) is 4.79 Å². The van der Waals surface area contributed by atoms with Crippen LogP contribution in [0, 0.1) is 13.8 Å². The lowest BCUT2D eigenvalue weighted by atomic mass is 9.98. The van der Waals surface area contributed by atoms with E-state index >= 15 is 0 Å². The minimum atomic E-state index is 0.144. The smallest absolute Gasteiger partial charge is 0.164 e. The van der Waals surface area contributed by atoms with Gasteiger partial charge < -0.3 is 0 Å². The number of hydrogen-bond donors (Lipinski definition) is 0. The van der Waals surface area contributed by atoms with Crippen LogP contribution in [0.15, 0.2) is 18.2 Å². The van der Waals surface area contributed by atoms with Gasteiger partial charge >= 0.3 is 0 Å². The van der Waals surface area contributed by atoms with E-state index in [0.717, 1.165) is 16.7 Å². The summed E-state index contributed by atoms with van der Waals surface area (Å²) in [5.74, 6) is 0.540. The second-order valence-electron chi connectivity index (χ2n) is 3.13. The highest BCUT2D eigenvalue weighted by Crippen LogP contribution is 2.15. The third-order valence-electron chi connectivity index (χ3n) is 2.08. The van der Waals surface area contributed by atoms with Crippen molar-refractivity contribution < 1.29 is 4.79 Å². The predicted octanol–water partition coefficient (Wildman–Crippen LogP) is 3.12. The Hall–Kier alpha value is -0.820. The SMILES string of the molecule is Cc1cccc(C)c1C(=O)CCCl. The Labute approximate surface area is 83.7 Å². The van der Waals surface area contributed by atoms with Crippen molar-refractivity contribution in [3.8, 4) is 0 Å². The molecule has 0 aromatic heterocycles. The molecule has 0 aliphatic carbocycles. The van der Waals surface area contributed by atoms with Crippen LogP contribution in [0.5, 0.6) is 0 Å². The van der Waals surface area contributed by atoms with E-state index in [2.05, 4.69) is 0 Å². The van der Waals surface area contributed by atoms with Crippen LogP contribution >= 0.6 is 11.6 Å². The van der Waals surface area contributed by atoms with Crippen molar-refractivity contribution in [2.24, 2.45) is 0 Å². The Morgan fingerprint density at radius 2 is 1.85 bits per heavy atom. The number of ketones is 1. The number of hydrogen-bond acceptors (Lipinski definition) is 1. The summed E-state index contributed by atoms with van der Waals surface area (Å²) < 4.78 is 0. The lowest BCUT2D eigenvalue weighted by molar-refractivity contribution is 0.0988. The fourth-order valence-corrected chi connectivity index (χ4v) is 1.64. The maximum Gasteiger partial charge on any atom is 0.164 e. The zero-order chi connectivity index (χ0) is 9.84. The van der Waals surface area contributed by atoms with Gasteiger partial charge in [-0.25, -0.2) is 0 Å². The predicted molar refractivity (Wildman–Crippen MR) is 55.6 cm³/mol. The molecule has 1 nitrogen and oxygen atoms in total. The Morgan fingerprint density at radius 3 is 2.31 bits per heavy atom. The van der Waals surface area contributed by atoms with Gasteiger partial charge in [-0.05, 0) is 25.0 Å². The van der Waals surface area contributed by atoms with Crippen LogP contribution in [0.1, 0.15) is 27.9 Å². The molecule has 0 unspecified atom stereocenters. The normalized spacial score (nSPS) is 10.1. The lowest BCUT2D eigenvalue weighted by Crippen LogP contribution is -2.04. The molecule has 2 heteroatoms. The second-order valence-corrected chi connectivity index (χ2v) is 3.51. The Bertz CT molecular complexity index is 298. The van der Waals surface area contributed by atoms with Gasteiger partial charge in [-0.2, -0.15) is 0 Å². The van der Waals surface area contributed by atoms with E-state index in [1.54, 1.807) is 0 Å². The van der Waals surface area contributed by atoms with Gasteiger partial charge in [0.25, 0.3) is 0 Å². The van der Waals surface area contributed by atoms with E-state index in [4.69, 9.17) is 11.6 Å². The third kappa shape index (κ3) is 2.31. The molecule has 0 spiro atoms. The molecule has 0 bridgehead atoms. The molecular weight excluding hydrogens is 184 g/mol. The summed E-state index contributed by atoms with van der Waals surface area (Å²) in [5.41, 5.74) is 2.91. The summed E-state index contributed by atoms with van der Waals surface area (Å²) in [6.45, 7) is 3.91. The van der Waals surface area contributed by atoms with Gasteiger partial charge in [0.05, 0.1) is 0 Å². The molecule has 0 saturated carbocycles. The van der Waals surface area contributed by atoms with E-state index in [-0.39, 0.29) is 5.78 Å². The fraction of sp³-hybridized carbons (Fsp3) is 0.364. The molecule has 0 amide bonds. The van der Waals surface area contributed by atoms with Gasteiger partial charge in [0, 0.05) is 17.9 Å². The molecular formula is C11H13ClO. The van der Waals surface area contributed by atoms with Crippen LogP contribution in [0.3, 0.4) is 0 Å². The maximum atomic E-state index is 11.6. The lowest BCUT2D eigenvalue weighted by Gasteiger charge is -2.06. The van der Waals surface area contributed by atoms with Crippen molar-refractivity contribution in [2.45, 2.75) is 20.3 Å². The largest absolute Gasteiger partial charge is 0.294 e. The van der Waals surface area contributed by atoms with Gasteiger partial charge in [0.2, 0.25) is 0 Å². The first-order valence-electron chi connectivity index (χ1n) is 4.32. The molecule has 0 fully saturated rings. The van der Waals surface area contributed by atoms with E-state index in [1.807, 2.05) is 32.0 Å². The van der Waals surface area contributed by atoms with Gasteiger partial charge in [-0.1, -0.05) is 18.2 Å². The molecule has 1 aromatic carbocycles. The molecule has 1 aromatic rings. The van der Waals surface area contributed by atoms with Crippen LogP contribution in [-0.4, -0.2) is 11.7 Å². The zero-order valence-electron chi connectivity index (χ0n) is 7.93. The molecule has 0 aliphatic rings. The topological polar surface area (TPSA) is 17.1 Å². The Balaban J connectivity index is 3.05. The number of alkyl halides is 1. The summed E-state index contributed by atoms with van der Waals surface area (Å²) in [5, 5.41) is 0. The molecule has 0 N–H and O–H groups in total. The van der Waals surface area contributed by atoms with Crippen LogP contribution < -0.4 is 0 Å². The summed E-state index contributed by atoms with van der Waals surface area (Å²) in [6.07, 6.45) is 0.424. The van der Waals surface area contributed by atoms with Crippen LogP contribution in [0.4, 0.5) is 0 Å². The molecule has 13 heavy (non-hydrogen) atoms. The molecule has 0 heterocycles. The van der Waals surface area contributed by atoms with E-state index in [0.29, 0.717) is 12.3 Å². The highest BCUT2D eigenvalue weighted by atomic mass is 35.5. The van der Waals surface area contributed by atoms with Crippen molar-refractivity contribution >= 4 is 17.4 Å². The maximum absolute atomic E-state index is 11.6. The number of rotatable bonds is 3. The Morgan fingerprint density at radius 1 is 1.31 bits per heavy atom. The standard InChI is InChI=1S/C11H13ClO/c1-8-4-3-5-9(2)11(8)10(13)6-7-12/h3-5H,6-7H2,1-2H3. The first-order chi connectivity index (χ1) is 6.16. The second kappa shape index (κ2) is 4.43. The highest BCUT2D eigenvalue weighted by molar-refractivity contribution is 6.19. The number of benzene rings is 1. The average Bonchev–Trinajstić information content (AvgIpc) is 2.04. The quantitative estimate of drug-likeness (QED) is 0.536. The number of carbonyl (C=O) groups is 1. The van der Waals surface area contributed by atoms with Crippen molar-refractivity contribution in [3.63, 3.8) is 0 Å². The van der Waals surface area contributed by atoms with Gasteiger partial charge in [-0.15, -0.1) is 11.6 Å². The van der Waals surface area contributed by atoms with E-state index < -0.39 is 0 Å². The third-order valence-corrected chi connectivity index (χ3v) is 2.27. The zero-order valence-corrected chi connectivity index (χ0v) is 8.69. The summed E-state index contributed by atoms with van der Waals surface area (Å²) >= 11 is 5.53. The summed E-state index contributed by atoms with van der Waals surface area (Å²) in [4.78, 5) is 11.6. The minimum absolute atomic E-state index is 0.144. The van der Waals surface area contributed by atoms with Gasteiger partial charge in [-0.3, -0.25) is 4.79 Å². The van der Waals surface area contributed by atoms with Crippen molar-refractivity contribution in [3.05, 3.63) is 34.9 Å². The average molecular weight is 197 g/mol. The summed E-state index contributed by atoms with van der Waals surface area (Å²) in [6, 6.07) is 5.87. The van der Waals surface area contributed by atoms with Crippen molar-refractivity contribution in [2.75, 3.05) is 5.88 Å². The molecule has 70 valence electrons. The minimum Gasteiger partial charge on any atom is -0.294 e. The number of aryl methyl sites for hydroxylation is 2. The first kappa shape index (κ1) is 10.3. The van der Waals surface area contributed by atoms with Crippen LogP contribution in [0.25, 0.3) is 0 Å². The molecule has 0 aliphatic heterocycles. The highest BCUT2D eigenvalue weighted by Gasteiger charge is 2.10. The summed E-state index contributed by atoms with van der Waals surface area (Å²) in [7, 11) is 0. The van der Waals surface area contributed by atoms with E-state index in [1.165, 1.54) is 0 Å². The van der Waals surface area contributed by atoms with Crippen LogP contribution in [-0.2, 0) is 0 Å². The van der Waals surface area contributed by atoms with Crippen molar-refractivity contribution in [1.29, 1.82) is 0 Å². The number of carbonyl (C=O) groups excluding carboxylic acids is 1. The fourth-order valence-electron chi connectivity index (χ4n) is 1.47.